The lowest BCUT2D eigenvalue weighted by molar-refractivity contribution is -0.293. The smallest absolute Gasteiger partial charge is 0.312 e. The molecule has 0 amide bonds. The molecular weight excluding hydrogens is 470 g/mol. The van der Waals surface area contributed by atoms with Crippen molar-refractivity contribution in [1.82, 2.24) is 5.06 Å². The molecule has 0 aromatic rings. The summed E-state index contributed by atoms with van der Waals surface area (Å²) in [5.41, 5.74) is -0.730. The van der Waals surface area contributed by atoms with E-state index in [-0.39, 0.29) is 40.2 Å². The van der Waals surface area contributed by atoms with E-state index in [0.717, 1.165) is 12.8 Å². The van der Waals surface area contributed by atoms with Crippen LogP contribution in [-0.2, 0) is 18.8 Å². The number of aliphatic hydroxyl groups is 1. The summed E-state index contributed by atoms with van der Waals surface area (Å²) in [5, 5.41) is 13.2. The first-order valence-electron chi connectivity index (χ1n) is 13.8. The molecule has 1 saturated heterocycles. The maximum atomic E-state index is 13.2. The highest BCUT2D eigenvalue weighted by molar-refractivity contribution is 6.74. The van der Waals surface area contributed by atoms with E-state index in [0.29, 0.717) is 6.42 Å². The first-order chi connectivity index (χ1) is 16.1. The Bertz CT molecular complexity index is 776. The van der Waals surface area contributed by atoms with Gasteiger partial charge < -0.3 is 14.3 Å². The van der Waals surface area contributed by atoms with Crippen LogP contribution in [0, 0.1) is 11.8 Å². The van der Waals surface area contributed by atoms with Crippen molar-refractivity contribution >= 4 is 14.3 Å². The highest BCUT2D eigenvalue weighted by Crippen LogP contribution is 2.44. The molecule has 2 rings (SSSR count). The zero-order valence-corrected chi connectivity index (χ0v) is 26.4. The van der Waals surface area contributed by atoms with Gasteiger partial charge in [-0.1, -0.05) is 32.9 Å². The van der Waals surface area contributed by atoms with E-state index in [1.807, 2.05) is 39.8 Å². The highest BCUT2D eigenvalue weighted by Gasteiger charge is 2.51. The molecule has 1 aliphatic heterocycles. The molecule has 1 unspecified atom stereocenters. The zero-order chi connectivity index (χ0) is 27.9. The molecule has 6 nitrogen and oxygen atoms in total. The predicted molar refractivity (Wildman–Crippen MR) is 149 cm³/mol. The largest absolute Gasteiger partial charge is 0.460 e. The molecule has 210 valence electrons. The molecule has 0 bridgehead atoms. The summed E-state index contributed by atoms with van der Waals surface area (Å²) in [6.07, 6.45) is 6.62. The number of aliphatic hydroxyl groups excluding tert-OH is 1. The summed E-state index contributed by atoms with van der Waals surface area (Å²) >= 11 is 0. The van der Waals surface area contributed by atoms with Crippen molar-refractivity contribution in [3.05, 3.63) is 12.2 Å². The van der Waals surface area contributed by atoms with E-state index in [1.54, 1.807) is 0 Å². The number of esters is 1. The molecule has 1 heterocycles. The minimum Gasteiger partial charge on any atom is -0.460 e. The number of piperidine rings is 1. The number of carbonyl (C=O) groups excluding carboxylic acids is 1. The van der Waals surface area contributed by atoms with E-state index in [2.05, 4.69) is 66.6 Å². The molecule has 1 N–H and O–H groups in total. The van der Waals surface area contributed by atoms with E-state index >= 15 is 0 Å². The minimum atomic E-state index is -2.12. The summed E-state index contributed by atoms with van der Waals surface area (Å²) in [6.45, 7) is 27.6. The van der Waals surface area contributed by atoms with Crippen LogP contribution in [0.15, 0.2) is 12.2 Å². The van der Waals surface area contributed by atoms with Crippen molar-refractivity contribution < 1.29 is 23.9 Å². The van der Waals surface area contributed by atoms with Crippen LogP contribution in [0.1, 0.15) is 102 Å². The Labute approximate surface area is 222 Å². The Morgan fingerprint density at radius 3 is 2.06 bits per heavy atom. The standard InChI is InChI=1S/C29H55NO5Si/c1-20(34-30-28(8,9)17-14-18-29(30,10)11)15-16-21-23(35-36(12,13)27(5,6)7)19-22(31)24(21)25(32)33-26(2,3)4/h15-16,20-24,31H,14,17-19H2,1-13H3/b16-15+/t20?,21-,22-,23-,24-/m0/s1. The lowest BCUT2D eigenvalue weighted by Crippen LogP contribution is -2.59. The molecule has 1 saturated carbocycles. The Balaban J connectivity index is 2.31. The molecule has 0 spiro atoms. The predicted octanol–water partition coefficient (Wildman–Crippen LogP) is 6.63. The second-order valence-electron chi connectivity index (χ2n) is 14.8. The second-order valence-corrected chi connectivity index (χ2v) is 19.6. The Hall–Kier alpha value is -0.733. The van der Waals surface area contributed by atoms with E-state index < -0.39 is 25.9 Å². The van der Waals surface area contributed by atoms with Crippen molar-refractivity contribution in [2.75, 3.05) is 0 Å². The molecule has 5 atom stereocenters. The normalized spacial score (nSPS) is 30.5. The number of rotatable bonds is 7. The monoisotopic (exact) mass is 525 g/mol. The SMILES string of the molecule is CC(/C=C/[C@@H]1[C@H](C(=O)OC(C)(C)C)[C@@H](O)C[C@@H]1O[Si](C)(C)C(C)(C)C)ON1C(C)(C)CCCC1(C)C. The van der Waals surface area contributed by atoms with Crippen molar-refractivity contribution in [3.8, 4) is 0 Å². The van der Waals surface area contributed by atoms with Gasteiger partial charge >= 0.3 is 5.97 Å². The lowest BCUT2D eigenvalue weighted by Gasteiger charge is -2.52. The first-order valence-corrected chi connectivity index (χ1v) is 16.7. The van der Waals surface area contributed by atoms with Gasteiger partial charge in [0.05, 0.1) is 24.2 Å². The third-order valence-corrected chi connectivity index (χ3v) is 12.7. The van der Waals surface area contributed by atoms with Gasteiger partial charge in [0.25, 0.3) is 0 Å². The van der Waals surface area contributed by atoms with Gasteiger partial charge in [0.2, 0.25) is 0 Å². The van der Waals surface area contributed by atoms with E-state index in [9.17, 15) is 9.90 Å². The number of ether oxygens (including phenoxy) is 1. The summed E-state index contributed by atoms with van der Waals surface area (Å²) < 4.78 is 12.5. The van der Waals surface area contributed by atoms with E-state index in [4.69, 9.17) is 14.0 Å². The van der Waals surface area contributed by atoms with Crippen LogP contribution in [-0.4, -0.2) is 59.4 Å². The van der Waals surface area contributed by atoms with Gasteiger partial charge in [0, 0.05) is 17.0 Å². The van der Waals surface area contributed by atoms with Gasteiger partial charge in [-0.3, -0.25) is 9.63 Å². The van der Waals surface area contributed by atoms with Crippen LogP contribution >= 0.6 is 0 Å². The second kappa shape index (κ2) is 10.8. The summed E-state index contributed by atoms with van der Waals surface area (Å²) in [5.74, 6) is -1.31. The molecule has 36 heavy (non-hydrogen) atoms. The number of hydrogen-bond donors (Lipinski definition) is 1. The molecule has 2 fully saturated rings. The van der Waals surface area contributed by atoms with Gasteiger partial charge in [-0.25, -0.2) is 0 Å². The van der Waals surface area contributed by atoms with Crippen LogP contribution in [0.3, 0.4) is 0 Å². The minimum absolute atomic E-state index is 0.0258. The molecule has 2 aliphatic rings. The van der Waals surface area contributed by atoms with E-state index in [1.165, 1.54) is 6.42 Å². The number of hydroxylamine groups is 2. The van der Waals surface area contributed by atoms with Crippen molar-refractivity contribution in [3.63, 3.8) is 0 Å². The van der Waals surface area contributed by atoms with Crippen LogP contribution in [0.2, 0.25) is 18.1 Å². The van der Waals surface area contributed by atoms with Crippen LogP contribution in [0.25, 0.3) is 0 Å². The maximum Gasteiger partial charge on any atom is 0.312 e. The van der Waals surface area contributed by atoms with Crippen molar-refractivity contribution in [1.29, 1.82) is 0 Å². The van der Waals surface area contributed by atoms with Crippen LogP contribution in [0.5, 0.6) is 0 Å². The summed E-state index contributed by atoms with van der Waals surface area (Å²) in [4.78, 5) is 19.7. The number of carbonyl (C=O) groups is 1. The molecule has 0 aromatic carbocycles. The third-order valence-electron chi connectivity index (χ3n) is 8.22. The van der Waals surface area contributed by atoms with Gasteiger partial charge in [-0.05, 0) is 99.2 Å². The maximum absolute atomic E-state index is 13.2. The first kappa shape index (κ1) is 31.5. The number of nitrogens with zero attached hydrogens (tertiary/aromatic N) is 1. The van der Waals surface area contributed by atoms with Gasteiger partial charge in [0.15, 0.2) is 8.32 Å². The molecule has 1 aliphatic carbocycles. The fourth-order valence-electron chi connectivity index (χ4n) is 5.39. The summed E-state index contributed by atoms with van der Waals surface area (Å²) in [7, 11) is -2.12. The Morgan fingerprint density at radius 1 is 1.06 bits per heavy atom. The van der Waals surface area contributed by atoms with Crippen molar-refractivity contribution in [2.24, 2.45) is 11.8 Å². The Morgan fingerprint density at radius 2 is 1.58 bits per heavy atom. The van der Waals surface area contributed by atoms with Gasteiger partial charge in [0.1, 0.15) is 5.60 Å². The number of hydrogen-bond acceptors (Lipinski definition) is 6. The van der Waals surface area contributed by atoms with Crippen LogP contribution in [0.4, 0.5) is 0 Å². The molecular formula is C29H55NO5Si. The quantitative estimate of drug-likeness (QED) is 0.228. The Kier molecular flexibility index (Phi) is 9.44. The van der Waals surface area contributed by atoms with Gasteiger partial charge in [-0.2, -0.15) is 5.06 Å². The zero-order valence-electron chi connectivity index (χ0n) is 25.4. The topological polar surface area (TPSA) is 68.2 Å². The van der Waals surface area contributed by atoms with Crippen molar-refractivity contribution in [2.45, 2.75) is 155 Å². The highest BCUT2D eigenvalue weighted by atomic mass is 28.4. The molecule has 0 radical (unpaired) electrons. The fraction of sp³-hybridized carbons (Fsp3) is 0.897. The fourth-order valence-corrected chi connectivity index (χ4v) is 6.75. The molecule has 0 aromatic heterocycles. The summed E-state index contributed by atoms with van der Waals surface area (Å²) in [6, 6.07) is 0. The lowest BCUT2D eigenvalue weighted by atomic mass is 9.82. The average molecular weight is 526 g/mol. The van der Waals surface area contributed by atoms with Gasteiger partial charge in [-0.15, -0.1) is 0 Å². The van der Waals surface area contributed by atoms with Crippen LogP contribution < -0.4 is 0 Å². The molecule has 7 heteroatoms. The average Bonchev–Trinajstić information content (AvgIpc) is 2.94. The third kappa shape index (κ3) is 7.65.